The summed E-state index contributed by atoms with van der Waals surface area (Å²) in [5, 5.41) is 26.2. The van der Waals surface area contributed by atoms with Gasteiger partial charge in [0.15, 0.2) is 5.84 Å². The molecule has 0 atom stereocenters. The van der Waals surface area contributed by atoms with Crippen LogP contribution in [0.25, 0.3) is 0 Å². The van der Waals surface area contributed by atoms with E-state index in [9.17, 15) is 9.90 Å². The van der Waals surface area contributed by atoms with Crippen LogP contribution in [0.2, 0.25) is 0 Å². The minimum atomic E-state index is -0.994. The molecule has 23 heavy (non-hydrogen) atoms. The van der Waals surface area contributed by atoms with Crippen LogP contribution in [0.15, 0.2) is 51.4 Å². The maximum absolute atomic E-state index is 11.2. The van der Waals surface area contributed by atoms with Crippen LogP contribution in [0.4, 0.5) is 0 Å². The van der Waals surface area contributed by atoms with Gasteiger partial charge in [-0.05, 0) is 47.5 Å². The van der Waals surface area contributed by atoms with Gasteiger partial charge in [-0.1, -0.05) is 12.6 Å². The number of nitrogens with one attached hydrogen (secondary N) is 2. The molecule has 120 valence electrons. The van der Waals surface area contributed by atoms with Crippen LogP contribution in [0.5, 0.6) is 0 Å². The molecule has 1 aliphatic rings. The number of aromatic carboxylic acids is 1. The molecule has 2 rings (SSSR count). The number of rotatable bonds is 4. The molecule has 0 radical (unpaired) electrons. The normalized spacial score (nSPS) is 15.3. The second-order valence-electron chi connectivity index (χ2n) is 5.01. The van der Waals surface area contributed by atoms with Crippen molar-refractivity contribution < 1.29 is 9.90 Å². The second-order valence-corrected chi connectivity index (χ2v) is 5.86. The Bertz CT molecular complexity index is 752. The summed E-state index contributed by atoms with van der Waals surface area (Å²) in [4.78, 5) is 11.2. The number of nitrogens with zero attached hydrogens (tertiary/aromatic N) is 2. The summed E-state index contributed by atoms with van der Waals surface area (Å²) in [6.45, 7) is 7.47. The summed E-state index contributed by atoms with van der Waals surface area (Å²) < 4.78 is 0.530. The van der Waals surface area contributed by atoms with Gasteiger partial charge in [-0.15, -0.1) is 0 Å². The van der Waals surface area contributed by atoms with Crippen molar-refractivity contribution in [2.24, 2.45) is 5.10 Å². The van der Waals surface area contributed by atoms with E-state index >= 15 is 0 Å². The highest BCUT2D eigenvalue weighted by atomic mass is 79.9. The van der Waals surface area contributed by atoms with Crippen LogP contribution in [0.1, 0.15) is 29.8 Å². The molecule has 0 spiro atoms. The first-order valence-electron chi connectivity index (χ1n) is 6.90. The highest BCUT2D eigenvalue weighted by Gasteiger charge is 2.24. The molecule has 1 heterocycles. The van der Waals surface area contributed by atoms with Gasteiger partial charge in [0.25, 0.3) is 0 Å². The standard InChI is InChI=1S/C16H17BrN4O2/c1-4-19-21-10(3)20-9(2)12(15(21)18)7-11-5-6-14(17)13(8-11)16(22)23/h4-6,8,18,20H,3,7H2,1-2H3,(H,22,23)/b18-15?,19-4-. The van der Waals surface area contributed by atoms with Crippen molar-refractivity contribution in [3.05, 3.63) is 57.5 Å². The number of allylic oxidation sites excluding steroid dienone is 1. The molecule has 0 saturated carbocycles. The zero-order chi connectivity index (χ0) is 17.1. The van der Waals surface area contributed by atoms with Crippen molar-refractivity contribution in [3.8, 4) is 0 Å². The maximum atomic E-state index is 11.2. The summed E-state index contributed by atoms with van der Waals surface area (Å²) in [5.74, 6) is -0.257. The fraction of sp³-hybridized carbons (Fsp3) is 0.188. The van der Waals surface area contributed by atoms with E-state index in [1.165, 1.54) is 5.01 Å². The van der Waals surface area contributed by atoms with E-state index in [1.807, 2.05) is 13.0 Å². The Morgan fingerprint density at radius 1 is 1.57 bits per heavy atom. The van der Waals surface area contributed by atoms with Gasteiger partial charge >= 0.3 is 5.97 Å². The van der Waals surface area contributed by atoms with Gasteiger partial charge in [0.05, 0.1) is 5.56 Å². The van der Waals surface area contributed by atoms with Crippen molar-refractivity contribution in [2.75, 3.05) is 0 Å². The van der Waals surface area contributed by atoms with E-state index in [0.29, 0.717) is 16.7 Å². The molecule has 1 aromatic carbocycles. The van der Waals surface area contributed by atoms with Gasteiger partial charge < -0.3 is 10.4 Å². The molecule has 6 nitrogen and oxygen atoms in total. The van der Waals surface area contributed by atoms with Gasteiger partial charge in [0, 0.05) is 28.4 Å². The van der Waals surface area contributed by atoms with E-state index in [0.717, 1.165) is 16.8 Å². The number of carboxylic acids is 1. The Hall–Kier alpha value is -2.41. The van der Waals surface area contributed by atoms with Crippen LogP contribution in [-0.2, 0) is 6.42 Å². The number of carboxylic acid groups (broad SMARTS) is 1. The van der Waals surface area contributed by atoms with Gasteiger partial charge in [-0.3, -0.25) is 5.41 Å². The minimum Gasteiger partial charge on any atom is -0.478 e. The van der Waals surface area contributed by atoms with Gasteiger partial charge in [-0.25, -0.2) is 9.80 Å². The van der Waals surface area contributed by atoms with Crippen LogP contribution < -0.4 is 5.32 Å². The van der Waals surface area contributed by atoms with E-state index in [2.05, 4.69) is 32.9 Å². The molecule has 0 amide bonds. The zero-order valence-electron chi connectivity index (χ0n) is 12.9. The number of benzene rings is 1. The van der Waals surface area contributed by atoms with E-state index < -0.39 is 5.97 Å². The largest absolute Gasteiger partial charge is 0.478 e. The Balaban J connectivity index is 2.37. The molecule has 0 saturated heterocycles. The topological polar surface area (TPSA) is 88.8 Å². The molecule has 3 N–H and O–H groups in total. The lowest BCUT2D eigenvalue weighted by Gasteiger charge is -2.30. The predicted octanol–water partition coefficient (Wildman–Crippen LogP) is 3.32. The van der Waals surface area contributed by atoms with Crippen molar-refractivity contribution in [2.45, 2.75) is 20.3 Å². The summed E-state index contributed by atoms with van der Waals surface area (Å²) in [7, 11) is 0. The van der Waals surface area contributed by atoms with E-state index in [-0.39, 0.29) is 11.4 Å². The lowest BCUT2D eigenvalue weighted by Crippen LogP contribution is -2.39. The number of hydrazone groups is 1. The molecule has 0 fully saturated rings. The smallest absolute Gasteiger partial charge is 0.336 e. The maximum Gasteiger partial charge on any atom is 0.336 e. The number of halogens is 1. The summed E-state index contributed by atoms with van der Waals surface area (Å²) in [6.07, 6.45) is 2.01. The lowest BCUT2D eigenvalue weighted by atomic mass is 9.99. The Kier molecular flexibility index (Phi) is 5.00. The first kappa shape index (κ1) is 17.0. The fourth-order valence-corrected chi connectivity index (χ4v) is 2.71. The summed E-state index contributed by atoms with van der Waals surface area (Å²) in [5.41, 5.74) is 2.55. The monoisotopic (exact) mass is 376 g/mol. The second kappa shape index (κ2) is 6.78. The van der Waals surface area contributed by atoms with Crippen LogP contribution in [0.3, 0.4) is 0 Å². The molecule has 1 aromatic rings. The van der Waals surface area contributed by atoms with Gasteiger partial charge in [0.1, 0.15) is 5.82 Å². The van der Waals surface area contributed by atoms with Crippen LogP contribution in [-0.4, -0.2) is 28.1 Å². The average molecular weight is 377 g/mol. The Morgan fingerprint density at radius 2 is 2.26 bits per heavy atom. The third-order valence-corrected chi connectivity index (χ3v) is 4.10. The summed E-state index contributed by atoms with van der Waals surface area (Å²) in [6, 6.07) is 5.15. The zero-order valence-corrected chi connectivity index (χ0v) is 14.4. The quantitative estimate of drug-likeness (QED) is 0.703. The first-order chi connectivity index (χ1) is 10.8. The average Bonchev–Trinajstić information content (AvgIpc) is 2.49. The SMILES string of the molecule is C=C1NC(C)=C(Cc2ccc(Br)c(C(=O)O)c2)C(=N)N1/N=C\C. The van der Waals surface area contributed by atoms with Crippen molar-refractivity contribution in [1.29, 1.82) is 5.41 Å². The third-order valence-electron chi connectivity index (χ3n) is 3.41. The Labute approximate surface area is 142 Å². The number of amidine groups is 1. The molecule has 1 aliphatic heterocycles. The van der Waals surface area contributed by atoms with Crippen LogP contribution >= 0.6 is 15.9 Å². The molecule has 0 aromatic heterocycles. The minimum absolute atomic E-state index is 0.198. The van der Waals surface area contributed by atoms with Crippen molar-refractivity contribution in [1.82, 2.24) is 10.3 Å². The van der Waals surface area contributed by atoms with Gasteiger partial charge in [-0.2, -0.15) is 5.10 Å². The number of hydrogen-bond acceptors (Lipinski definition) is 4. The third kappa shape index (κ3) is 3.50. The summed E-state index contributed by atoms with van der Waals surface area (Å²) >= 11 is 3.23. The van der Waals surface area contributed by atoms with Crippen molar-refractivity contribution in [3.63, 3.8) is 0 Å². The molecular weight excluding hydrogens is 360 g/mol. The molecule has 7 heteroatoms. The highest BCUT2D eigenvalue weighted by molar-refractivity contribution is 9.10. The molecule has 0 aliphatic carbocycles. The first-order valence-corrected chi connectivity index (χ1v) is 7.69. The van der Waals surface area contributed by atoms with E-state index in [1.54, 1.807) is 25.3 Å². The molecule has 0 unspecified atom stereocenters. The Morgan fingerprint density at radius 3 is 2.87 bits per heavy atom. The number of carbonyl (C=O) groups is 1. The number of hydrogen-bond donors (Lipinski definition) is 3. The molecule has 0 bridgehead atoms. The van der Waals surface area contributed by atoms with Gasteiger partial charge in [0.2, 0.25) is 0 Å². The molecular formula is C16H17BrN4O2. The predicted molar refractivity (Wildman–Crippen MR) is 93.5 cm³/mol. The van der Waals surface area contributed by atoms with Crippen molar-refractivity contribution >= 4 is 33.9 Å². The lowest BCUT2D eigenvalue weighted by molar-refractivity contribution is 0.0696. The van der Waals surface area contributed by atoms with Crippen LogP contribution in [0, 0.1) is 5.41 Å². The van der Waals surface area contributed by atoms with E-state index in [4.69, 9.17) is 5.41 Å². The fourth-order valence-electron chi connectivity index (χ4n) is 2.29. The highest BCUT2D eigenvalue weighted by Crippen LogP contribution is 2.24.